The van der Waals surface area contributed by atoms with E-state index in [9.17, 15) is 19.5 Å². The van der Waals surface area contributed by atoms with Gasteiger partial charge in [-0.15, -0.1) is 0 Å². The summed E-state index contributed by atoms with van der Waals surface area (Å²) in [6.45, 7) is -0.249. The molecular weight excluding hydrogens is 553 g/mol. The highest BCUT2D eigenvalue weighted by molar-refractivity contribution is 6.35. The Hall–Kier alpha value is -4.37. The third kappa shape index (κ3) is 7.60. The molecule has 0 radical (unpaired) electrons. The fourth-order valence-electron chi connectivity index (χ4n) is 3.88. The summed E-state index contributed by atoms with van der Waals surface area (Å²) in [5.74, 6) is -1.96. The van der Waals surface area contributed by atoms with Crippen molar-refractivity contribution in [3.8, 4) is 11.1 Å². The molecule has 4 rings (SSSR count). The van der Waals surface area contributed by atoms with Gasteiger partial charge in [0.25, 0.3) is 5.91 Å². The minimum Gasteiger partial charge on any atom is -0.479 e. The summed E-state index contributed by atoms with van der Waals surface area (Å²) in [4.78, 5) is 38.1. The molecule has 0 spiro atoms. The summed E-state index contributed by atoms with van der Waals surface area (Å²) in [7, 11) is 0. The van der Waals surface area contributed by atoms with Gasteiger partial charge in [-0.1, -0.05) is 77.8 Å². The van der Waals surface area contributed by atoms with Crippen LogP contribution in [0.4, 0.5) is 16.2 Å². The van der Waals surface area contributed by atoms with Gasteiger partial charge in [0.05, 0.1) is 13.1 Å². The molecule has 3 amide bonds. The minimum atomic E-state index is -1.70. The number of carbonyl (C=O) groups is 3. The van der Waals surface area contributed by atoms with Crippen molar-refractivity contribution in [1.29, 1.82) is 0 Å². The van der Waals surface area contributed by atoms with Gasteiger partial charge in [0.1, 0.15) is 0 Å². The monoisotopic (exact) mass is 577 g/mol. The molecule has 0 unspecified atom stereocenters. The molecule has 0 saturated heterocycles. The van der Waals surface area contributed by atoms with E-state index in [4.69, 9.17) is 28.3 Å². The van der Waals surface area contributed by atoms with Crippen LogP contribution in [-0.4, -0.2) is 40.8 Å². The highest BCUT2D eigenvalue weighted by Gasteiger charge is 2.19. The van der Waals surface area contributed by atoms with Crippen LogP contribution in [0.15, 0.2) is 97.1 Å². The van der Waals surface area contributed by atoms with Gasteiger partial charge in [-0.3, -0.25) is 9.69 Å². The third-order valence-corrected chi connectivity index (χ3v) is 6.38. The van der Waals surface area contributed by atoms with E-state index in [2.05, 4.69) is 10.6 Å². The van der Waals surface area contributed by atoms with Crippen molar-refractivity contribution in [2.24, 2.45) is 0 Å². The van der Waals surface area contributed by atoms with Crippen molar-refractivity contribution in [2.75, 3.05) is 16.8 Å². The molecule has 0 heterocycles. The zero-order valence-corrected chi connectivity index (χ0v) is 22.6. The number of anilines is 2. The largest absolute Gasteiger partial charge is 0.479 e. The van der Waals surface area contributed by atoms with E-state index in [-0.39, 0.29) is 12.1 Å². The van der Waals surface area contributed by atoms with Gasteiger partial charge in [0.2, 0.25) is 0 Å². The van der Waals surface area contributed by atoms with Gasteiger partial charge >= 0.3 is 12.0 Å². The number of aliphatic hydroxyl groups is 1. The van der Waals surface area contributed by atoms with Crippen molar-refractivity contribution in [3.63, 3.8) is 0 Å². The fraction of sp³-hybridized carbons (Fsp3) is 0.100. The van der Waals surface area contributed by atoms with Gasteiger partial charge in [-0.2, -0.15) is 0 Å². The Balaban J connectivity index is 1.55. The second-order valence-corrected chi connectivity index (χ2v) is 9.72. The van der Waals surface area contributed by atoms with Gasteiger partial charge in [-0.25, -0.2) is 9.59 Å². The van der Waals surface area contributed by atoms with Crippen molar-refractivity contribution >= 4 is 52.5 Å². The second-order valence-electron chi connectivity index (χ2n) is 8.85. The maximum atomic E-state index is 13.5. The molecule has 8 nitrogen and oxygen atoms in total. The van der Waals surface area contributed by atoms with Crippen molar-refractivity contribution in [2.45, 2.75) is 12.6 Å². The first-order valence-corrected chi connectivity index (χ1v) is 12.9. The summed E-state index contributed by atoms with van der Waals surface area (Å²) in [6, 6.07) is 28.3. The predicted molar refractivity (Wildman–Crippen MR) is 156 cm³/mol. The molecule has 4 aromatic carbocycles. The molecule has 0 aliphatic carbocycles. The maximum absolute atomic E-state index is 13.5. The quantitative estimate of drug-likeness (QED) is 0.192. The molecule has 0 aromatic heterocycles. The number of aliphatic carboxylic acids is 1. The van der Waals surface area contributed by atoms with Crippen LogP contribution in [0, 0.1) is 0 Å². The molecule has 0 aliphatic heterocycles. The van der Waals surface area contributed by atoms with Gasteiger partial charge < -0.3 is 20.8 Å². The van der Waals surface area contributed by atoms with Gasteiger partial charge in [0, 0.05) is 27.0 Å². The summed E-state index contributed by atoms with van der Waals surface area (Å²) in [6.07, 6.45) is -1.70. The number of carboxylic acids is 1. The average Bonchev–Trinajstić information content (AvgIpc) is 2.94. The van der Waals surface area contributed by atoms with Crippen LogP contribution in [-0.2, 0) is 11.3 Å². The number of halogens is 2. The molecule has 1 atom stereocenters. The number of rotatable bonds is 9. The average molecular weight is 578 g/mol. The fourth-order valence-corrected chi connectivity index (χ4v) is 4.41. The molecule has 4 N–H and O–H groups in total. The summed E-state index contributed by atoms with van der Waals surface area (Å²) >= 11 is 12.2. The second kappa shape index (κ2) is 13.1. The highest BCUT2D eigenvalue weighted by Crippen LogP contribution is 2.27. The first kappa shape index (κ1) is 28.6. The van der Waals surface area contributed by atoms with Crippen LogP contribution in [0.3, 0.4) is 0 Å². The lowest BCUT2D eigenvalue weighted by molar-refractivity contribution is -0.146. The third-order valence-electron chi connectivity index (χ3n) is 5.94. The smallest absolute Gasteiger partial charge is 0.334 e. The van der Waals surface area contributed by atoms with Crippen molar-refractivity contribution < 1.29 is 24.6 Å². The number of aliphatic hydroxyl groups excluding tert-OH is 1. The van der Waals surface area contributed by atoms with Crippen molar-refractivity contribution in [3.05, 3.63) is 118 Å². The molecule has 10 heteroatoms. The number of hydrogen-bond donors (Lipinski definition) is 4. The lowest BCUT2D eigenvalue weighted by Gasteiger charge is -2.24. The van der Waals surface area contributed by atoms with E-state index in [0.29, 0.717) is 21.4 Å². The number of hydrogen-bond acceptors (Lipinski definition) is 4. The number of nitrogens with zero attached hydrogens (tertiary/aromatic N) is 1. The zero-order chi connectivity index (χ0) is 28.6. The van der Waals surface area contributed by atoms with E-state index >= 15 is 0 Å². The Labute approximate surface area is 240 Å². The van der Waals surface area contributed by atoms with E-state index in [1.54, 1.807) is 47.4 Å². The summed E-state index contributed by atoms with van der Waals surface area (Å²) in [5, 5.41) is 24.1. The molecule has 204 valence electrons. The lowest BCUT2D eigenvalue weighted by atomic mass is 10.1. The first-order valence-electron chi connectivity index (χ1n) is 12.2. The molecule has 4 aromatic rings. The van der Waals surface area contributed by atoms with E-state index in [1.807, 2.05) is 54.6 Å². The molecule has 0 saturated carbocycles. The lowest BCUT2D eigenvalue weighted by Crippen LogP contribution is -2.36. The molecule has 40 heavy (non-hydrogen) atoms. The van der Waals surface area contributed by atoms with Crippen LogP contribution in [0.2, 0.25) is 10.0 Å². The summed E-state index contributed by atoms with van der Waals surface area (Å²) in [5.41, 5.74) is 4.11. The topological polar surface area (TPSA) is 119 Å². The van der Waals surface area contributed by atoms with E-state index in [1.165, 1.54) is 0 Å². The predicted octanol–water partition coefficient (Wildman–Crippen LogP) is 6.07. The number of carboxylic acid groups (broad SMARTS) is 1. The standard InChI is InChI=1S/C30H25Cl2N3O5/c31-23-14-24(32)16-25(15-23)34-30(40)35(26-12-10-21(11-13-26)20-4-2-1-3-5-20)18-19-6-8-22(9-7-19)28(37)33-17-27(36)29(38)39/h1-16,27,36H,17-18H2,(H,33,37)(H,34,40)(H,38,39)/t27-/m1/s1. The SMILES string of the molecule is O=C(NC[C@@H](O)C(=O)O)c1ccc(CN(C(=O)Nc2cc(Cl)cc(Cl)c2)c2ccc(-c3ccccc3)cc2)cc1. The van der Waals surface area contributed by atoms with Crippen LogP contribution in [0.1, 0.15) is 15.9 Å². The molecular formula is C30H25Cl2N3O5. The Morgan fingerprint density at radius 2 is 1.40 bits per heavy atom. The number of benzene rings is 4. The zero-order valence-electron chi connectivity index (χ0n) is 21.1. The normalized spacial score (nSPS) is 11.4. The Morgan fingerprint density at radius 3 is 2.00 bits per heavy atom. The molecule has 0 bridgehead atoms. The van der Waals surface area contributed by atoms with Crippen LogP contribution in [0.25, 0.3) is 11.1 Å². The Kier molecular flexibility index (Phi) is 9.39. The number of carbonyl (C=O) groups excluding carboxylic acids is 2. The van der Waals surface area contributed by atoms with E-state index in [0.717, 1.165) is 16.7 Å². The first-order chi connectivity index (χ1) is 19.2. The maximum Gasteiger partial charge on any atom is 0.334 e. The Morgan fingerprint density at radius 1 is 0.800 bits per heavy atom. The highest BCUT2D eigenvalue weighted by atomic mass is 35.5. The molecule has 0 fully saturated rings. The van der Waals surface area contributed by atoms with Gasteiger partial charge in [-0.05, 0) is 59.2 Å². The number of nitrogens with one attached hydrogen (secondary N) is 2. The summed E-state index contributed by atoms with van der Waals surface area (Å²) < 4.78 is 0. The van der Waals surface area contributed by atoms with Crippen LogP contribution in [0.5, 0.6) is 0 Å². The number of amides is 3. The van der Waals surface area contributed by atoms with Crippen LogP contribution < -0.4 is 15.5 Å². The Bertz CT molecular complexity index is 1480. The minimum absolute atomic E-state index is 0.171. The number of urea groups is 1. The van der Waals surface area contributed by atoms with E-state index < -0.39 is 30.6 Å². The molecule has 0 aliphatic rings. The van der Waals surface area contributed by atoms with Gasteiger partial charge in [0.15, 0.2) is 6.10 Å². The van der Waals surface area contributed by atoms with Crippen LogP contribution >= 0.6 is 23.2 Å². The van der Waals surface area contributed by atoms with Crippen molar-refractivity contribution in [1.82, 2.24) is 5.32 Å².